The Bertz CT molecular complexity index is 283. The Hall–Kier alpha value is -0.450. The van der Waals surface area contributed by atoms with Gasteiger partial charge in [-0.25, -0.2) is 4.98 Å². The van der Waals surface area contributed by atoms with Gasteiger partial charge in [-0.05, 0) is 26.2 Å². The van der Waals surface area contributed by atoms with E-state index in [4.69, 9.17) is 4.74 Å². The van der Waals surface area contributed by atoms with E-state index in [0.717, 1.165) is 26.0 Å². The first-order valence-corrected chi connectivity index (χ1v) is 7.01. The van der Waals surface area contributed by atoms with E-state index in [2.05, 4.69) is 22.6 Å². The second kappa shape index (κ2) is 6.33. The lowest BCUT2D eigenvalue weighted by molar-refractivity contribution is 0.0964. The van der Waals surface area contributed by atoms with Gasteiger partial charge < -0.3 is 10.1 Å². The highest BCUT2D eigenvalue weighted by Crippen LogP contribution is 2.16. The van der Waals surface area contributed by atoms with Crippen molar-refractivity contribution in [1.29, 1.82) is 0 Å². The number of nitrogens with one attached hydrogen (secondary N) is 1. The molecule has 1 aromatic heterocycles. The van der Waals surface area contributed by atoms with Crippen LogP contribution in [-0.2, 0) is 11.2 Å². The molecule has 90 valence electrons. The normalized spacial score (nSPS) is 22.4. The zero-order valence-electron chi connectivity index (χ0n) is 9.82. The van der Waals surface area contributed by atoms with E-state index >= 15 is 0 Å². The summed E-state index contributed by atoms with van der Waals surface area (Å²) in [5.74, 6) is 0. The highest BCUT2D eigenvalue weighted by Gasteiger charge is 2.17. The van der Waals surface area contributed by atoms with Crippen molar-refractivity contribution in [1.82, 2.24) is 10.3 Å². The molecule has 16 heavy (non-hydrogen) atoms. The minimum atomic E-state index is 0.488. The van der Waals surface area contributed by atoms with Crippen LogP contribution in [0.4, 0.5) is 0 Å². The van der Waals surface area contributed by atoms with Crippen LogP contribution in [0.2, 0.25) is 0 Å². The number of hydrogen-bond acceptors (Lipinski definition) is 4. The summed E-state index contributed by atoms with van der Waals surface area (Å²) in [6.07, 6.45) is 5.12. The number of thiazole rings is 1. The summed E-state index contributed by atoms with van der Waals surface area (Å²) in [4.78, 5) is 4.27. The van der Waals surface area contributed by atoms with Gasteiger partial charge in [0.05, 0.1) is 17.3 Å². The van der Waals surface area contributed by atoms with Crippen molar-refractivity contribution in [3.63, 3.8) is 0 Å². The fraction of sp³-hybridized carbons (Fsp3) is 0.750. The van der Waals surface area contributed by atoms with Crippen molar-refractivity contribution in [3.8, 4) is 0 Å². The number of hydrogen-bond donors (Lipinski definition) is 1. The maximum Gasteiger partial charge on any atom is 0.0794 e. The topological polar surface area (TPSA) is 34.1 Å². The van der Waals surface area contributed by atoms with Gasteiger partial charge in [0.15, 0.2) is 0 Å². The second-order valence-corrected chi connectivity index (χ2v) is 5.17. The quantitative estimate of drug-likeness (QED) is 0.828. The van der Waals surface area contributed by atoms with Crippen LogP contribution in [0.15, 0.2) is 10.9 Å². The van der Waals surface area contributed by atoms with Crippen LogP contribution >= 0.6 is 11.3 Å². The van der Waals surface area contributed by atoms with Gasteiger partial charge in [0, 0.05) is 31.0 Å². The summed E-state index contributed by atoms with van der Waals surface area (Å²) in [5.41, 5.74) is 3.09. The summed E-state index contributed by atoms with van der Waals surface area (Å²) in [7, 11) is 0. The molecule has 0 bridgehead atoms. The molecule has 2 rings (SSSR count). The van der Waals surface area contributed by atoms with Gasteiger partial charge >= 0.3 is 0 Å². The van der Waals surface area contributed by atoms with E-state index in [1.807, 2.05) is 5.51 Å². The molecular formula is C12H20N2OS. The van der Waals surface area contributed by atoms with Gasteiger partial charge in [-0.1, -0.05) is 0 Å². The van der Waals surface area contributed by atoms with Gasteiger partial charge in [-0.2, -0.15) is 0 Å². The highest BCUT2D eigenvalue weighted by molar-refractivity contribution is 7.07. The molecule has 0 amide bonds. The molecule has 0 aliphatic carbocycles. The molecule has 0 saturated carbocycles. The number of aromatic nitrogens is 1. The van der Waals surface area contributed by atoms with E-state index in [1.54, 1.807) is 11.3 Å². The van der Waals surface area contributed by atoms with E-state index in [0.29, 0.717) is 12.1 Å². The van der Waals surface area contributed by atoms with E-state index in [-0.39, 0.29) is 0 Å². The average Bonchev–Trinajstić information content (AvgIpc) is 2.90. The minimum absolute atomic E-state index is 0.488. The van der Waals surface area contributed by atoms with Crippen LogP contribution in [0.25, 0.3) is 0 Å². The number of ether oxygens (including phenoxy) is 1. The van der Waals surface area contributed by atoms with Gasteiger partial charge in [-0.3, -0.25) is 0 Å². The molecule has 0 spiro atoms. The molecule has 3 nitrogen and oxygen atoms in total. The third-order valence-corrected chi connectivity index (χ3v) is 3.63. The van der Waals surface area contributed by atoms with E-state index in [1.165, 1.54) is 18.5 Å². The van der Waals surface area contributed by atoms with Crippen LogP contribution in [0.1, 0.15) is 31.9 Å². The van der Waals surface area contributed by atoms with Gasteiger partial charge in [0.25, 0.3) is 0 Å². The summed E-state index contributed by atoms with van der Waals surface area (Å²) in [5, 5.41) is 5.65. The Balaban J connectivity index is 1.58. The van der Waals surface area contributed by atoms with Crippen molar-refractivity contribution in [2.75, 3.05) is 13.2 Å². The Morgan fingerprint density at radius 3 is 3.31 bits per heavy atom. The third-order valence-electron chi connectivity index (χ3n) is 3.00. The van der Waals surface area contributed by atoms with Crippen LogP contribution in [0, 0.1) is 0 Å². The predicted octanol–water partition coefficient (Wildman–Crippen LogP) is 2.23. The van der Waals surface area contributed by atoms with Crippen molar-refractivity contribution in [3.05, 3.63) is 16.6 Å². The first-order chi connectivity index (χ1) is 7.84. The lowest BCUT2D eigenvalue weighted by Crippen LogP contribution is -2.31. The zero-order chi connectivity index (χ0) is 11.2. The molecule has 2 heterocycles. The molecule has 2 atom stereocenters. The van der Waals surface area contributed by atoms with Crippen LogP contribution in [0.3, 0.4) is 0 Å². The monoisotopic (exact) mass is 240 g/mol. The van der Waals surface area contributed by atoms with Gasteiger partial charge in [0.2, 0.25) is 0 Å². The maximum absolute atomic E-state index is 5.63. The van der Waals surface area contributed by atoms with Gasteiger partial charge in [-0.15, -0.1) is 11.3 Å². The van der Waals surface area contributed by atoms with E-state index in [9.17, 15) is 0 Å². The fourth-order valence-electron chi connectivity index (χ4n) is 2.12. The molecule has 1 aliphatic heterocycles. The lowest BCUT2D eigenvalue weighted by Gasteiger charge is -2.17. The highest BCUT2D eigenvalue weighted by atomic mass is 32.1. The molecule has 1 aliphatic rings. The maximum atomic E-state index is 5.63. The van der Waals surface area contributed by atoms with Crippen molar-refractivity contribution in [2.45, 2.75) is 44.8 Å². The summed E-state index contributed by atoms with van der Waals surface area (Å²) in [6.45, 7) is 4.20. The van der Waals surface area contributed by atoms with Crippen molar-refractivity contribution in [2.24, 2.45) is 0 Å². The van der Waals surface area contributed by atoms with Crippen LogP contribution < -0.4 is 5.32 Å². The molecule has 1 saturated heterocycles. The zero-order valence-corrected chi connectivity index (χ0v) is 10.6. The number of rotatable bonds is 6. The Kier molecular flexibility index (Phi) is 4.75. The Morgan fingerprint density at radius 2 is 2.62 bits per heavy atom. The Labute approximate surface area is 101 Å². The minimum Gasteiger partial charge on any atom is -0.378 e. The van der Waals surface area contributed by atoms with Crippen LogP contribution in [0.5, 0.6) is 0 Å². The van der Waals surface area contributed by atoms with Crippen molar-refractivity contribution < 1.29 is 4.74 Å². The largest absolute Gasteiger partial charge is 0.378 e. The van der Waals surface area contributed by atoms with Crippen molar-refractivity contribution >= 4 is 11.3 Å². The predicted molar refractivity (Wildman–Crippen MR) is 66.9 cm³/mol. The van der Waals surface area contributed by atoms with Gasteiger partial charge in [0.1, 0.15) is 0 Å². The molecular weight excluding hydrogens is 220 g/mol. The summed E-state index contributed by atoms with van der Waals surface area (Å²) in [6, 6.07) is 0.543. The first-order valence-electron chi connectivity index (χ1n) is 6.06. The number of nitrogens with zero attached hydrogens (tertiary/aromatic N) is 1. The fourth-order valence-corrected chi connectivity index (χ4v) is 2.71. The van der Waals surface area contributed by atoms with Crippen LogP contribution in [-0.4, -0.2) is 30.3 Å². The lowest BCUT2D eigenvalue weighted by atomic mass is 10.1. The van der Waals surface area contributed by atoms with E-state index < -0.39 is 0 Å². The molecule has 0 aromatic carbocycles. The smallest absolute Gasteiger partial charge is 0.0794 e. The third kappa shape index (κ3) is 3.85. The second-order valence-electron chi connectivity index (χ2n) is 4.46. The average molecular weight is 240 g/mol. The summed E-state index contributed by atoms with van der Waals surface area (Å²) < 4.78 is 5.63. The molecule has 1 aromatic rings. The summed E-state index contributed by atoms with van der Waals surface area (Å²) >= 11 is 1.67. The molecule has 1 fully saturated rings. The Morgan fingerprint density at radius 1 is 1.69 bits per heavy atom. The molecule has 1 N–H and O–H groups in total. The first kappa shape index (κ1) is 12.0. The standard InChI is InChI=1S/C12H20N2OS/c1-10(7-12-3-2-6-15-12)13-5-4-11-8-16-9-14-11/h8-10,12-13H,2-7H2,1H3. The SMILES string of the molecule is CC(CC1CCCO1)NCCc1cscn1. The molecule has 0 radical (unpaired) electrons. The molecule has 4 heteroatoms. The molecule has 2 unspecified atom stereocenters.